The zero-order chi connectivity index (χ0) is 11.7. The first kappa shape index (κ1) is 11.5. The molecule has 0 amide bonds. The average molecular weight is 240 g/mol. The highest BCUT2D eigenvalue weighted by molar-refractivity contribution is 7.13. The van der Waals surface area contributed by atoms with E-state index in [2.05, 4.69) is 19.2 Å². The number of nitrogens with one attached hydrogen (secondary N) is 1. The van der Waals surface area contributed by atoms with Crippen molar-refractivity contribution in [1.82, 2.24) is 5.32 Å². The van der Waals surface area contributed by atoms with E-state index >= 15 is 0 Å². The van der Waals surface area contributed by atoms with Crippen LogP contribution in [0.1, 0.15) is 31.7 Å². The standard InChI is InChI=1S/C11H16N2O2S/c1-7(2)12-5-8-3-10(8)9-4-11(13(14)15)16-6-9/h4,6-8,10,12H,3,5H2,1-2H3. The van der Waals surface area contributed by atoms with Crippen molar-refractivity contribution in [2.75, 3.05) is 6.54 Å². The fourth-order valence-electron chi connectivity index (χ4n) is 1.90. The Morgan fingerprint density at radius 1 is 1.69 bits per heavy atom. The molecule has 16 heavy (non-hydrogen) atoms. The lowest BCUT2D eigenvalue weighted by atomic mass is 10.2. The highest BCUT2D eigenvalue weighted by Crippen LogP contribution is 2.48. The zero-order valence-electron chi connectivity index (χ0n) is 9.47. The quantitative estimate of drug-likeness (QED) is 0.636. The van der Waals surface area contributed by atoms with Crippen molar-refractivity contribution in [2.45, 2.75) is 32.2 Å². The molecule has 1 aliphatic carbocycles. The number of nitro groups is 1. The maximum absolute atomic E-state index is 10.6. The summed E-state index contributed by atoms with van der Waals surface area (Å²) in [5.41, 5.74) is 1.15. The van der Waals surface area contributed by atoms with Crippen molar-refractivity contribution in [3.8, 4) is 0 Å². The van der Waals surface area contributed by atoms with Gasteiger partial charge in [-0.25, -0.2) is 0 Å². The van der Waals surface area contributed by atoms with E-state index in [0.29, 0.717) is 17.9 Å². The second kappa shape index (κ2) is 4.51. The van der Waals surface area contributed by atoms with Crippen LogP contribution in [-0.4, -0.2) is 17.5 Å². The maximum atomic E-state index is 10.6. The highest BCUT2D eigenvalue weighted by Gasteiger charge is 2.39. The van der Waals surface area contributed by atoms with Gasteiger partial charge in [0.25, 0.3) is 0 Å². The summed E-state index contributed by atoms with van der Waals surface area (Å²) in [6.07, 6.45) is 1.16. The third kappa shape index (κ3) is 2.59. The summed E-state index contributed by atoms with van der Waals surface area (Å²) in [6, 6.07) is 2.24. The van der Waals surface area contributed by atoms with Gasteiger partial charge in [-0.1, -0.05) is 25.2 Å². The molecule has 2 rings (SSSR count). The Hall–Kier alpha value is -0.940. The normalized spacial score (nSPS) is 23.7. The molecule has 0 saturated heterocycles. The number of rotatable bonds is 5. The first-order valence-electron chi connectivity index (χ1n) is 5.54. The first-order chi connectivity index (χ1) is 7.58. The molecule has 88 valence electrons. The number of hydrogen-bond acceptors (Lipinski definition) is 4. The Bertz CT molecular complexity index is 389. The summed E-state index contributed by atoms with van der Waals surface area (Å²) in [4.78, 5) is 10.2. The van der Waals surface area contributed by atoms with E-state index in [4.69, 9.17) is 0 Å². The summed E-state index contributed by atoms with van der Waals surface area (Å²) >= 11 is 1.23. The van der Waals surface area contributed by atoms with E-state index in [9.17, 15) is 10.1 Å². The summed E-state index contributed by atoms with van der Waals surface area (Å²) in [5, 5.41) is 16.2. The molecular formula is C11H16N2O2S. The molecule has 1 fully saturated rings. The van der Waals surface area contributed by atoms with Crippen molar-refractivity contribution >= 4 is 16.3 Å². The van der Waals surface area contributed by atoms with Crippen molar-refractivity contribution in [3.63, 3.8) is 0 Å². The minimum atomic E-state index is -0.308. The molecule has 1 heterocycles. The maximum Gasteiger partial charge on any atom is 0.324 e. The zero-order valence-corrected chi connectivity index (χ0v) is 10.3. The number of thiophene rings is 1. The summed E-state index contributed by atoms with van der Waals surface area (Å²) < 4.78 is 0. The predicted octanol–water partition coefficient (Wildman–Crippen LogP) is 2.76. The minimum Gasteiger partial charge on any atom is -0.314 e. The van der Waals surface area contributed by atoms with E-state index in [1.54, 1.807) is 6.07 Å². The van der Waals surface area contributed by atoms with Crippen LogP contribution in [0, 0.1) is 16.0 Å². The van der Waals surface area contributed by atoms with Crippen LogP contribution in [0.4, 0.5) is 5.00 Å². The molecule has 4 nitrogen and oxygen atoms in total. The third-order valence-electron chi connectivity index (χ3n) is 2.92. The lowest BCUT2D eigenvalue weighted by Crippen LogP contribution is -2.25. The molecule has 2 atom stereocenters. The van der Waals surface area contributed by atoms with Gasteiger partial charge in [0.2, 0.25) is 0 Å². The smallest absolute Gasteiger partial charge is 0.314 e. The van der Waals surface area contributed by atoms with Crippen LogP contribution in [0.25, 0.3) is 0 Å². The number of nitrogens with zero attached hydrogens (tertiary/aromatic N) is 1. The van der Waals surface area contributed by atoms with E-state index in [1.165, 1.54) is 11.3 Å². The van der Waals surface area contributed by atoms with Crippen molar-refractivity contribution < 1.29 is 4.92 Å². The second-order valence-electron chi connectivity index (χ2n) is 4.64. The largest absolute Gasteiger partial charge is 0.324 e. The van der Waals surface area contributed by atoms with Crippen molar-refractivity contribution in [1.29, 1.82) is 0 Å². The topological polar surface area (TPSA) is 55.2 Å². The van der Waals surface area contributed by atoms with Crippen LogP contribution in [-0.2, 0) is 0 Å². The molecular weight excluding hydrogens is 224 g/mol. The van der Waals surface area contributed by atoms with Gasteiger partial charge < -0.3 is 5.32 Å². The van der Waals surface area contributed by atoms with Gasteiger partial charge in [0, 0.05) is 17.5 Å². The van der Waals surface area contributed by atoms with E-state index in [-0.39, 0.29) is 9.92 Å². The lowest BCUT2D eigenvalue weighted by molar-refractivity contribution is -0.380. The summed E-state index contributed by atoms with van der Waals surface area (Å²) in [5.74, 6) is 1.20. The van der Waals surface area contributed by atoms with Gasteiger partial charge >= 0.3 is 5.00 Å². The molecule has 1 aromatic heterocycles. The monoisotopic (exact) mass is 240 g/mol. The van der Waals surface area contributed by atoms with Crippen LogP contribution in [0.15, 0.2) is 11.4 Å². The molecule has 0 bridgehead atoms. The number of hydrogen-bond donors (Lipinski definition) is 1. The van der Waals surface area contributed by atoms with Gasteiger partial charge in [-0.2, -0.15) is 0 Å². The van der Waals surface area contributed by atoms with Gasteiger partial charge in [0.15, 0.2) is 0 Å². The van der Waals surface area contributed by atoms with Crippen LogP contribution in [0.2, 0.25) is 0 Å². The van der Waals surface area contributed by atoms with Crippen molar-refractivity contribution in [2.24, 2.45) is 5.92 Å². The van der Waals surface area contributed by atoms with Gasteiger partial charge in [-0.3, -0.25) is 10.1 Å². The summed E-state index contributed by atoms with van der Waals surface area (Å²) in [6.45, 7) is 5.28. The fraction of sp³-hybridized carbons (Fsp3) is 0.636. The Morgan fingerprint density at radius 2 is 2.44 bits per heavy atom. The van der Waals surface area contributed by atoms with Crippen LogP contribution >= 0.6 is 11.3 Å². The Kier molecular flexibility index (Phi) is 3.25. The van der Waals surface area contributed by atoms with Gasteiger partial charge in [-0.15, -0.1) is 0 Å². The molecule has 1 saturated carbocycles. The van der Waals surface area contributed by atoms with Gasteiger partial charge in [0.1, 0.15) is 0 Å². The Morgan fingerprint density at radius 3 is 3.00 bits per heavy atom. The van der Waals surface area contributed by atoms with Gasteiger partial charge in [0.05, 0.1) is 4.92 Å². The molecule has 2 unspecified atom stereocenters. The van der Waals surface area contributed by atoms with Gasteiger partial charge in [-0.05, 0) is 30.4 Å². The van der Waals surface area contributed by atoms with Crippen LogP contribution < -0.4 is 5.32 Å². The fourth-order valence-corrected chi connectivity index (χ4v) is 2.69. The molecule has 0 aliphatic heterocycles. The first-order valence-corrected chi connectivity index (χ1v) is 6.42. The average Bonchev–Trinajstić information content (AvgIpc) is 2.81. The van der Waals surface area contributed by atoms with E-state index < -0.39 is 0 Å². The molecule has 0 radical (unpaired) electrons. The molecule has 1 N–H and O–H groups in total. The van der Waals surface area contributed by atoms with Crippen molar-refractivity contribution in [3.05, 3.63) is 27.1 Å². The van der Waals surface area contributed by atoms with Crippen LogP contribution in [0.5, 0.6) is 0 Å². The summed E-state index contributed by atoms with van der Waals surface area (Å²) in [7, 11) is 0. The van der Waals surface area contributed by atoms with Crippen LogP contribution in [0.3, 0.4) is 0 Å². The molecule has 0 spiro atoms. The van der Waals surface area contributed by atoms with E-state index in [0.717, 1.165) is 18.5 Å². The minimum absolute atomic E-state index is 0.262. The highest BCUT2D eigenvalue weighted by atomic mass is 32.1. The SMILES string of the molecule is CC(C)NCC1CC1c1csc([N+](=O)[O-])c1. The lowest BCUT2D eigenvalue weighted by Gasteiger charge is -2.06. The Labute approximate surface area is 98.8 Å². The molecule has 5 heteroatoms. The molecule has 0 aromatic carbocycles. The Balaban J connectivity index is 1.88. The third-order valence-corrected chi connectivity index (χ3v) is 3.82. The second-order valence-corrected chi connectivity index (χ2v) is 5.53. The predicted molar refractivity (Wildman–Crippen MR) is 65.0 cm³/mol. The molecule has 1 aromatic rings. The molecule has 1 aliphatic rings. The van der Waals surface area contributed by atoms with E-state index in [1.807, 2.05) is 5.38 Å².